The highest BCUT2D eigenvalue weighted by Gasteiger charge is 2.48. The molecule has 1 aliphatic heterocycles. The molecule has 2 atom stereocenters. The van der Waals surface area contributed by atoms with Gasteiger partial charge in [-0.15, -0.1) is 0 Å². The lowest BCUT2D eigenvalue weighted by atomic mass is 9.79. The zero-order valence-corrected chi connectivity index (χ0v) is 13.6. The van der Waals surface area contributed by atoms with E-state index in [-0.39, 0.29) is 11.2 Å². The molecule has 1 aliphatic rings. The van der Waals surface area contributed by atoms with Crippen LogP contribution < -0.4 is 5.32 Å². The molecule has 1 heterocycles. The maximum Gasteiger partial charge on any atom is 0.0677 e. The minimum Gasteiger partial charge on any atom is -0.369 e. The molecule has 0 amide bonds. The zero-order chi connectivity index (χ0) is 14.8. The monoisotopic (exact) mass is 275 g/mol. The Kier molecular flexibility index (Phi) is 4.55. The SMILES string of the molecule is CCNC(Cc1ccccc1)C1CC(C)(C)OC1(C)C. The molecule has 0 saturated carbocycles. The first-order chi connectivity index (χ1) is 9.34. The number of hydrogen-bond acceptors (Lipinski definition) is 2. The van der Waals surface area contributed by atoms with E-state index in [1.54, 1.807) is 0 Å². The number of rotatable bonds is 5. The third-order valence-electron chi connectivity index (χ3n) is 4.39. The van der Waals surface area contributed by atoms with E-state index >= 15 is 0 Å². The van der Waals surface area contributed by atoms with Crippen molar-refractivity contribution in [2.75, 3.05) is 6.54 Å². The molecule has 1 aromatic rings. The first-order valence-electron chi connectivity index (χ1n) is 7.81. The zero-order valence-electron chi connectivity index (χ0n) is 13.6. The average Bonchev–Trinajstić information content (AvgIpc) is 2.58. The summed E-state index contributed by atoms with van der Waals surface area (Å²) in [6, 6.07) is 11.2. The Bertz CT molecular complexity index is 424. The smallest absolute Gasteiger partial charge is 0.0677 e. The van der Waals surface area contributed by atoms with E-state index in [0.717, 1.165) is 19.4 Å². The molecular formula is C18H29NO. The van der Waals surface area contributed by atoms with Crippen molar-refractivity contribution >= 4 is 0 Å². The lowest BCUT2D eigenvalue weighted by Crippen LogP contribution is -2.45. The molecule has 0 radical (unpaired) electrons. The summed E-state index contributed by atoms with van der Waals surface area (Å²) >= 11 is 0. The van der Waals surface area contributed by atoms with E-state index in [9.17, 15) is 0 Å². The first kappa shape index (κ1) is 15.5. The van der Waals surface area contributed by atoms with Gasteiger partial charge in [0.1, 0.15) is 0 Å². The second-order valence-electron chi connectivity index (χ2n) is 7.13. The number of ether oxygens (including phenoxy) is 1. The number of hydrogen-bond donors (Lipinski definition) is 1. The fraction of sp³-hybridized carbons (Fsp3) is 0.667. The van der Waals surface area contributed by atoms with Gasteiger partial charge in [0.25, 0.3) is 0 Å². The van der Waals surface area contributed by atoms with Crippen molar-refractivity contribution in [2.45, 2.75) is 64.7 Å². The summed E-state index contributed by atoms with van der Waals surface area (Å²) in [5.41, 5.74) is 1.32. The molecule has 20 heavy (non-hydrogen) atoms. The quantitative estimate of drug-likeness (QED) is 0.882. The lowest BCUT2D eigenvalue weighted by molar-refractivity contribution is -0.0776. The van der Waals surface area contributed by atoms with Crippen LogP contribution in [0.15, 0.2) is 30.3 Å². The standard InChI is InChI=1S/C18H29NO/c1-6-19-16(12-14-10-8-7-9-11-14)15-13-17(2,3)20-18(15,4)5/h7-11,15-16,19H,6,12-13H2,1-5H3. The van der Waals surface area contributed by atoms with Crippen LogP contribution in [0.2, 0.25) is 0 Å². The molecule has 1 aromatic carbocycles. The second-order valence-corrected chi connectivity index (χ2v) is 7.13. The summed E-state index contributed by atoms with van der Waals surface area (Å²) in [6.45, 7) is 12.1. The largest absolute Gasteiger partial charge is 0.369 e. The van der Waals surface area contributed by atoms with Crippen LogP contribution in [0.3, 0.4) is 0 Å². The van der Waals surface area contributed by atoms with Crippen molar-refractivity contribution < 1.29 is 4.74 Å². The van der Waals surface area contributed by atoms with Gasteiger partial charge >= 0.3 is 0 Å². The van der Waals surface area contributed by atoms with Gasteiger partial charge in [0.05, 0.1) is 11.2 Å². The molecule has 2 unspecified atom stereocenters. The Morgan fingerprint density at radius 3 is 2.35 bits per heavy atom. The summed E-state index contributed by atoms with van der Waals surface area (Å²) in [4.78, 5) is 0. The Balaban J connectivity index is 2.16. The van der Waals surface area contributed by atoms with Gasteiger partial charge in [-0.05, 0) is 52.6 Å². The average molecular weight is 275 g/mol. The predicted octanol–water partition coefficient (Wildman–Crippen LogP) is 3.80. The highest BCUT2D eigenvalue weighted by atomic mass is 16.5. The first-order valence-corrected chi connectivity index (χ1v) is 7.81. The lowest BCUT2D eigenvalue weighted by Gasteiger charge is -2.33. The summed E-state index contributed by atoms with van der Waals surface area (Å²) < 4.78 is 6.27. The van der Waals surface area contributed by atoms with E-state index in [4.69, 9.17) is 4.74 Å². The van der Waals surface area contributed by atoms with Crippen molar-refractivity contribution in [3.63, 3.8) is 0 Å². The third-order valence-corrected chi connectivity index (χ3v) is 4.39. The highest BCUT2D eigenvalue weighted by Crippen LogP contribution is 2.44. The summed E-state index contributed by atoms with van der Waals surface area (Å²) in [5.74, 6) is 0.539. The predicted molar refractivity (Wildman–Crippen MR) is 85.0 cm³/mol. The Hall–Kier alpha value is -0.860. The molecule has 0 aliphatic carbocycles. The molecule has 1 saturated heterocycles. The Morgan fingerprint density at radius 1 is 1.20 bits per heavy atom. The van der Waals surface area contributed by atoms with Gasteiger partial charge in [0, 0.05) is 12.0 Å². The Labute approximate surface area is 123 Å². The van der Waals surface area contributed by atoms with Crippen molar-refractivity contribution in [1.29, 1.82) is 0 Å². The van der Waals surface area contributed by atoms with Crippen molar-refractivity contribution in [1.82, 2.24) is 5.32 Å². The third kappa shape index (κ3) is 3.62. The van der Waals surface area contributed by atoms with E-state index in [2.05, 4.69) is 70.3 Å². The van der Waals surface area contributed by atoms with Gasteiger partial charge in [-0.1, -0.05) is 37.3 Å². The maximum atomic E-state index is 6.27. The molecule has 2 nitrogen and oxygen atoms in total. The van der Waals surface area contributed by atoms with Crippen LogP contribution in [0, 0.1) is 5.92 Å². The van der Waals surface area contributed by atoms with E-state index < -0.39 is 0 Å². The normalized spacial score (nSPS) is 25.6. The Morgan fingerprint density at radius 2 is 1.85 bits per heavy atom. The molecule has 2 rings (SSSR count). The van der Waals surface area contributed by atoms with Crippen molar-refractivity contribution in [2.24, 2.45) is 5.92 Å². The minimum absolute atomic E-state index is 0.0154. The highest BCUT2D eigenvalue weighted by molar-refractivity contribution is 5.17. The molecule has 1 fully saturated rings. The molecule has 2 heteroatoms. The molecular weight excluding hydrogens is 246 g/mol. The molecule has 1 N–H and O–H groups in total. The molecule has 0 bridgehead atoms. The van der Waals surface area contributed by atoms with Gasteiger partial charge in [-0.3, -0.25) is 0 Å². The van der Waals surface area contributed by atoms with Gasteiger partial charge in [0.2, 0.25) is 0 Å². The van der Waals surface area contributed by atoms with Crippen LogP contribution in [-0.2, 0) is 11.2 Å². The molecule has 0 aromatic heterocycles. The van der Waals surface area contributed by atoms with Crippen LogP contribution in [0.5, 0.6) is 0 Å². The summed E-state index contributed by atoms with van der Waals surface area (Å²) in [7, 11) is 0. The van der Waals surface area contributed by atoms with Crippen molar-refractivity contribution in [3.8, 4) is 0 Å². The van der Waals surface area contributed by atoms with Gasteiger partial charge in [-0.2, -0.15) is 0 Å². The van der Waals surface area contributed by atoms with Gasteiger partial charge < -0.3 is 10.1 Å². The molecule has 112 valence electrons. The topological polar surface area (TPSA) is 21.3 Å². The fourth-order valence-electron chi connectivity index (χ4n) is 3.72. The maximum absolute atomic E-state index is 6.27. The van der Waals surface area contributed by atoms with Crippen LogP contribution >= 0.6 is 0 Å². The van der Waals surface area contributed by atoms with Crippen molar-refractivity contribution in [3.05, 3.63) is 35.9 Å². The van der Waals surface area contributed by atoms with E-state index in [1.165, 1.54) is 5.56 Å². The number of likely N-dealkylation sites (N-methyl/N-ethyl adjacent to an activating group) is 1. The van der Waals surface area contributed by atoms with Crippen LogP contribution in [-0.4, -0.2) is 23.8 Å². The summed E-state index contributed by atoms with van der Waals surface area (Å²) in [5, 5.41) is 3.69. The van der Waals surface area contributed by atoms with Crippen LogP contribution in [0.25, 0.3) is 0 Å². The van der Waals surface area contributed by atoms with Gasteiger partial charge in [-0.25, -0.2) is 0 Å². The number of nitrogens with one attached hydrogen (secondary N) is 1. The number of benzene rings is 1. The van der Waals surface area contributed by atoms with E-state index in [1.807, 2.05) is 0 Å². The molecule has 0 spiro atoms. The second kappa shape index (κ2) is 5.87. The van der Waals surface area contributed by atoms with E-state index in [0.29, 0.717) is 12.0 Å². The van der Waals surface area contributed by atoms with Gasteiger partial charge in [0.15, 0.2) is 0 Å². The minimum atomic E-state index is -0.0644. The fourth-order valence-corrected chi connectivity index (χ4v) is 3.72. The van der Waals surface area contributed by atoms with Crippen LogP contribution in [0.1, 0.15) is 46.6 Å². The summed E-state index contributed by atoms with van der Waals surface area (Å²) in [6.07, 6.45) is 2.19. The van der Waals surface area contributed by atoms with Crippen LogP contribution in [0.4, 0.5) is 0 Å².